The summed E-state index contributed by atoms with van der Waals surface area (Å²) in [5.41, 5.74) is 1.46. The van der Waals surface area contributed by atoms with Crippen LogP contribution in [0.15, 0.2) is 24.3 Å². The summed E-state index contributed by atoms with van der Waals surface area (Å²) < 4.78 is 0. The number of carbonyl (C=O) groups is 1. The molecule has 0 aliphatic carbocycles. The third-order valence-electron chi connectivity index (χ3n) is 3.81. The van der Waals surface area contributed by atoms with E-state index in [-0.39, 0.29) is 5.91 Å². The lowest BCUT2D eigenvalue weighted by Crippen LogP contribution is -2.31. The van der Waals surface area contributed by atoms with Gasteiger partial charge in [-0.15, -0.1) is 6.42 Å². The van der Waals surface area contributed by atoms with Crippen LogP contribution in [0.1, 0.15) is 49.5 Å². The molecule has 0 saturated carbocycles. The van der Waals surface area contributed by atoms with Gasteiger partial charge in [0.15, 0.2) is 0 Å². The van der Waals surface area contributed by atoms with Crippen LogP contribution in [-0.4, -0.2) is 12.5 Å². The molecule has 2 unspecified atom stereocenters. The number of hydrogen-bond donors (Lipinski definition) is 1. The van der Waals surface area contributed by atoms with Crippen molar-refractivity contribution in [3.63, 3.8) is 0 Å². The van der Waals surface area contributed by atoms with Gasteiger partial charge in [0.25, 0.3) is 5.91 Å². The van der Waals surface area contributed by atoms with E-state index in [0.29, 0.717) is 17.4 Å². The predicted molar refractivity (Wildman–Crippen MR) is 79.9 cm³/mol. The highest BCUT2D eigenvalue weighted by atomic mass is 16.1. The highest BCUT2D eigenvalue weighted by Crippen LogP contribution is 2.17. The number of carbonyl (C=O) groups excluding carboxylic acids is 1. The highest BCUT2D eigenvalue weighted by Gasteiger charge is 2.15. The number of nitrogens with one attached hydrogen (secondary N) is 1. The third kappa shape index (κ3) is 4.44. The zero-order chi connectivity index (χ0) is 14.3. The van der Waals surface area contributed by atoms with Crippen LogP contribution in [0, 0.1) is 24.2 Å². The number of terminal acetylenes is 1. The SMILES string of the molecule is C#Cc1ccc(C(=O)NCC(CC)C(C)CC)cc1. The molecule has 1 rings (SSSR count). The molecule has 2 nitrogen and oxygen atoms in total. The largest absolute Gasteiger partial charge is 0.352 e. The summed E-state index contributed by atoms with van der Waals surface area (Å²) in [6.45, 7) is 7.33. The first-order chi connectivity index (χ1) is 9.12. The average molecular weight is 257 g/mol. The maximum Gasteiger partial charge on any atom is 0.251 e. The fraction of sp³-hybridized carbons (Fsp3) is 0.471. The van der Waals surface area contributed by atoms with E-state index in [4.69, 9.17) is 6.42 Å². The summed E-state index contributed by atoms with van der Waals surface area (Å²) in [6, 6.07) is 7.13. The quantitative estimate of drug-likeness (QED) is 0.777. The lowest BCUT2D eigenvalue weighted by atomic mass is 9.89. The van der Waals surface area contributed by atoms with Gasteiger partial charge in [0.2, 0.25) is 0 Å². The fourth-order valence-electron chi connectivity index (χ4n) is 2.12. The molecule has 1 N–H and O–H groups in total. The van der Waals surface area contributed by atoms with Crippen molar-refractivity contribution in [2.45, 2.75) is 33.6 Å². The minimum Gasteiger partial charge on any atom is -0.352 e. The van der Waals surface area contributed by atoms with E-state index in [2.05, 4.69) is 32.0 Å². The normalized spacial score (nSPS) is 13.4. The molecule has 0 aromatic heterocycles. The van der Waals surface area contributed by atoms with Crippen LogP contribution in [0.5, 0.6) is 0 Å². The number of amides is 1. The summed E-state index contributed by atoms with van der Waals surface area (Å²) in [7, 11) is 0. The molecule has 2 atom stereocenters. The Bertz CT molecular complexity index is 441. The minimum atomic E-state index is -0.0228. The molecular weight excluding hydrogens is 234 g/mol. The first-order valence-electron chi connectivity index (χ1n) is 6.97. The second-order valence-corrected chi connectivity index (χ2v) is 4.99. The van der Waals surface area contributed by atoms with Gasteiger partial charge in [0.1, 0.15) is 0 Å². The van der Waals surface area contributed by atoms with E-state index in [9.17, 15) is 4.79 Å². The molecule has 19 heavy (non-hydrogen) atoms. The van der Waals surface area contributed by atoms with E-state index in [1.54, 1.807) is 24.3 Å². The lowest BCUT2D eigenvalue weighted by Gasteiger charge is -2.21. The Kier molecular flexibility index (Phi) is 6.15. The second kappa shape index (κ2) is 7.63. The van der Waals surface area contributed by atoms with Crippen molar-refractivity contribution < 1.29 is 4.79 Å². The van der Waals surface area contributed by atoms with Crippen molar-refractivity contribution in [2.75, 3.05) is 6.54 Å². The zero-order valence-electron chi connectivity index (χ0n) is 12.1. The Morgan fingerprint density at radius 1 is 1.26 bits per heavy atom. The van der Waals surface area contributed by atoms with Crippen LogP contribution in [0.25, 0.3) is 0 Å². The number of rotatable bonds is 6. The van der Waals surface area contributed by atoms with Crippen molar-refractivity contribution in [2.24, 2.45) is 11.8 Å². The Morgan fingerprint density at radius 2 is 1.89 bits per heavy atom. The van der Waals surface area contributed by atoms with Gasteiger partial charge in [-0.2, -0.15) is 0 Å². The standard InChI is InChI=1S/C17H23NO/c1-5-13(4)15(7-3)12-18-17(19)16-10-8-14(6-2)9-11-16/h2,8-11,13,15H,5,7,12H2,1,3-4H3,(H,18,19). The first kappa shape index (κ1) is 15.3. The Morgan fingerprint density at radius 3 is 2.37 bits per heavy atom. The second-order valence-electron chi connectivity index (χ2n) is 4.99. The van der Waals surface area contributed by atoms with Gasteiger partial charge in [0, 0.05) is 17.7 Å². The molecule has 0 fully saturated rings. The molecule has 2 heteroatoms. The van der Waals surface area contributed by atoms with E-state index < -0.39 is 0 Å². The van der Waals surface area contributed by atoms with Gasteiger partial charge in [-0.1, -0.05) is 39.5 Å². The molecule has 0 heterocycles. The monoisotopic (exact) mass is 257 g/mol. The summed E-state index contributed by atoms with van der Waals surface area (Å²) >= 11 is 0. The first-order valence-corrected chi connectivity index (χ1v) is 6.97. The van der Waals surface area contributed by atoms with Crippen molar-refractivity contribution in [3.05, 3.63) is 35.4 Å². The highest BCUT2D eigenvalue weighted by molar-refractivity contribution is 5.94. The Labute approximate surface area is 116 Å². The summed E-state index contributed by atoms with van der Waals surface area (Å²) in [5, 5.41) is 3.01. The molecule has 1 aromatic rings. The van der Waals surface area contributed by atoms with Crippen molar-refractivity contribution >= 4 is 5.91 Å². The van der Waals surface area contributed by atoms with Crippen LogP contribution in [0.4, 0.5) is 0 Å². The lowest BCUT2D eigenvalue weighted by molar-refractivity contribution is 0.0941. The molecule has 0 aliphatic heterocycles. The summed E-state index contributed by atoms with van der Waals surface area (Å²) in [6.07, 6.45) is 7.52. The van der Waals surface area contributed by atoms with E-state index in [1.165, 1.54) is 0 Å². The topological polar surface area (TPSA) is 29.1 Å². The van der Waals surface area contributed by atoms with Crippen LogP contribution in [0.3, 0.4) is 0 Å². The van der Waals surface area contributed by atoms with Gasteiger partial charge in [-0.05, 0) is 36.1 Å². The van der Waals surface area contributed by atoms with Crippen LogP contribution >= 0.6 is 0 Å². The van der Waals surface area contributed by atoms with Crippen molar-refractivity contribution in [1.29, 1.82) is 0 Å². The molecule has 0 spiro atoms. The smallest absolute Gasteiger partial charge is 0.251 e. The van der Waals surface area contributed by atoms with Gasteiger partial charge < -0.3 is 5.32 Å². The molecular formula is C17H23NO. The maximum absolute atomic E-state index is 12.0. The average Bonchev–Trinajstić information content (AvgIpc) is 2.47. The van der Waals surface area contributed by atoms with Gasteiger partial charge in [0.05, 0.1) is 0 Å². The predicted octanol–water partition coefficient (Wildman–Crippen LogP) is 3.47. The van der Waals surface area contributed by atoms with Gasteiger partial charge >= 0.3 is 0 Å². The van der Waals surface area contributed by atoms with Crippen LogP contribution in [0.2, 0.25) is 0 Å². The third-order valence-corrected chi connectivity index (χ3v) is 3.81. The molecule has 0 aliphatic rings. The molecule has 0 bridgehead atoms. The van der Waals surface area contributed by atoms with E-state index in [1.807, 2.05) is 0 Å². The van der Waals surface area contributed by atoms with Crippen LogP contribution < -0.4 is 5.32 Å². The number of hydrogen-bond acceptors (Lipinski definition) is 1. The molecule has 0 radical (unpaired) electrons. The van der Waals surface area contributed by atoms with Gasteiger partial charge in [-0.25, -0.2) is 0 Å². The molecule has 1 amide bonds. The van der Waals surface area contributed by atoms with Gasteiger partial charge in [-0.3, -0.25) is 4.79 Å². The molecule has 1 aromatic carbocycles. The summed E-state index contributed by atoms with van der Waals surface area (Å²) in [5.74, 6) is 3.69. The molecule has 0 saturated heterocycles. The Balaban J connectivity index is 2.57. The molecule has 102 valence electrons. The zero-order valence-corrected chi connectivity index (χ0v) is 12.1. The fourth-order valence-corrected chi connectivity index (χ4v) is 2.12. The van der Waals surface area contributed by atoms with Crippen molar-refractivity contribution in [1.82, 2.24) is 5.32 Å². The Hall–Kier alpha value is -1.75. The maximum atomic E-state index is 12.0. The minimum absolute atomic E-state index is 0.0228. The van der Waals surface area contributed by atoms with E-state index in [0.717, 1.165) is 24.9 Å². The van der Waals surface area contributed by atoms with Crippen molar-refractivity contribution in [3.8, 4) is 12.3 Å². The number of benzene rings is 1. The van der Waals surface area contributed by atoms with E-state index >= 15 is 0 Å². The van der Waals surface area contributed by atoms with Crippen LogP contribution in [-0.2, 0) is 0 Å². The summed E-state index contributed by atoms with van der Waals surface area (Å²) in [4.78, 5) is 12.0.